The van der Waals surface area contributed by atoms with Gasteiger partial charge in [0.05, 0.1) is 0 Å². The Morgan fingerprint density at radius 3 is 1.96 bits per heavy atom. The van der Waals surface area contributed by atoms with E-state index >= 15 is 0 Å². The number of carbonyl (C=O) groups is 1. The van der Waals surface area contributed by atoms with E-state index in [2.05, 4.69) is 12.1 Å². The average Bonchev–Trinajstić information content (AvgIpc) is 3.05. The minimum atomic E-state index is -0.824. The van der Waals surface area contributed by atoms with E-state index in [9.17, 15) is 4.79 Å². The van der Waals surface area contributed by atoms with Gasteiger partial charge in [0.1, 0.15) is 0 Å². The number of nitrogens with zero attached hydrogens (tertiary/aromatic N) is 1. The number of hydrogen-bond donors (Lipinski definition) is 0. The van der Waals surface area contributed by atoms with Crippen LogP contribution in [0, 0.1) is 0 Å². The molecule has 3 nitrogen and oxygen atoms in total. The van der Waals surface area contributed by atoms with Gasteiger partial charge in [-0.25, -0.2) is 0 Å². The normalized spacial score (nSPS) is 18.8. The first-order chi connectivity index (χ1) is 13.3. The summed E-state index contributed by atoms with van der Waals surface area (Å²) in [7, 11) is 0. The van der Waals surface area contributed by atoms with E-state index in [-0.39, 0.29) is 20.9 Å². The molecule has 0 aromatic heterocycles. The number of esters is 1. The average molecular weight is 420 g/mol. The third-order valence-electron chi connectivity index (χ3n) is 4.42. The fourth-order valence-electron chi connectivity index (χ4n) is 3.01. The molecule has 3 aromatic rings. The zero-order chi connectivity index (χ0) is 18.5. The van der Waals surface area contributed by atoms with Crippen molar-refractivity contribution in [3.8, 4) is 0 Å². The Labute approximate surface area is 165 Å². The second-order valence-electron chi connectivity index (χ2n) is 6.39. The van der Waals surface area contributed by atoms with Crippen molar-refractivity contribution < 1.29 is 9.53 Å². The van der Waals surface area contributed by atoms with E-state index in [1.165, 1.54) is 5.56 Å². The second kappa shape index (κ2) is 7.91. The van der Waals surface area contributed by atoms with Crippen molar-refractivity contribution in [1.29, 1.82) is 0 Å². The number of carbonyl (C=O) groups excluding carboxylic acids is 1. The zero-order valence-electron chi connectivity index (χ0n) is 14.7. The van der Waals surface area contributed by atoms with Crippen molar-refractivity contribution in [2.45, 2.75) is 16.2 Å². The van der Waals surface area contributed by atoms with Crippen molar-refractivity contribution >= 4 is 26.8 Å². The quantitative estimate of drug-likeness (QED) is 0.449. The maximum atomic E-state index is 13.0. The van der Waals surface area contributed by atoms with Crippen LogP contribution in [0.1, 0.15) is 16.7 Å². The molecule has 0 bridgehead atoms. The minimum absolute atomic E-state index is 0.0716. The molecule has 0 aliphatic carbocycles. The van der Waals surface area contributed by atoms with Crippen molar-refractivity contribution in [3.05, 3.63) is 108 Å². The molecule has 0 fully saturated rings. The standard InChI is InChI=1S/C23H19NO2Se/c25-22-23(16-18-10-4-1-5-11-18,27-17-19-12-6-2-7-13-19)24-21(26-22)20-14-8-3-9-15-20/h1-15H,16-17H2. The number of rotatable bonds is 6. The molecule has 0 amide bonds. The third kappa shape index (κ3) is 4.02. The Hall–Kier alpha value is -2.68. The monoisotopic (exact) mass is 421 g/mol. The van der Waals surface area contributed by atoms with Crippen molar-refractivity contribution in [2.75, 3.05) is 0 Å². The first-order valence-electron chi connectivity index (χ1n) is 8.85. The van der Waals surface area contributed by atoms with E-state index in [1.54, 1.807) is 0 Å². The van der Waals surface area contributed by atoms with Crippen molar-refractivity contribution in [2.24, 2.45) is 4.99 Å². The van der Waals surface area contributed by atoms with E-state index < -0.39 is 4.44 Å². The summed E-state index contributed by atoms with van der Waals surface area (Å²) in [4.78, 5) is 17.8. The van der Waals surface area contributed by atoms with Crippen LogP contribution in [0.4, 0.5) is 0 Å². The van der Waals surface area contributed by atoms with Crippen LogP contribution in [0.25, 0.3) is 0 Å². The molecule has 0 radical (unpaired) electrons. The number of cyclic esters (lactones) is 1. The summed E-state index contributed by atoms with van der Waals surface area (Å²) in [5, 5.41) is 0.835. The van der Waals surface area contributed by atoms with Crippen LogP contribution in [0.3, 0.4) is 0 Å². The topological polar surface area (TPSA) is 38.7 Å². The Morgan fingerprint density at radius 2 is 1.33 bits per heavy atom. The Morgan fingerprint density at radius 1 is 0.778 bits per heavy atom. The second-order valence-corrected chi connectivity index (χ2v) is 9.02. The van der Waals surface area contributed by atoms with Gasteiger partial charge in [0.25, 0.3) is 0 Å². The van der Waals surface area contributed by atoms with E-state index in [0.29, 0.717) is 12.3 Å². The molecule has 4 rings (SSSR count). The molecule has 1 heterocycles. The van der Waals surface area contributed by atoms with Crippen molar-refractivity contribution in [3.63, 3.8) is 0 Å². The molecule has 1 aliphatic rings. The molecule has 3 aromatic carbocycles. The van der Waals surface area contributed by atoms with Gasteiger partial charge in [-0.3, -0.25) is 0 Å². The van der Waals surface area contributed by atoms with Gasteiger partial charge >= 0.3 is 165 Å². The van der Waals surface area contributed by atoms with Crippen LogP contribution < -0.4 is 0 Å². The van der Waals surface area contributed by atoms with E-state index in [4.69, 9.17) is 9.73 Å². The number of benzene rings is 3. The molecule has 27 heavy (non-hydrogen) atoms. The molecule has 1 atom stereocenters. The number of aliphatic imine (C=N–C) groups is 1. The molecule has 1 aliphatic heterocycles. The fourth-order valence-corrected chi connectivity index (χ4v) is 5.47. The molecule has 0 saturated heterocycles. The summed E-state index contributed by atoms with van der Waals surface area (Å²) >= 11 is -0.0716. The van der Waals surface area contributed by atoms with Crippen LogP contribution >= 0.6 is 0 Å². The Balaban J connectivity index is 1.67. The SMILES string of the molecule is O=C1OC(c2ccccc2)=NC1(Cc1ccccc1)[Se]Cc1ccccc1. The summed E-state index contributed by atoms with van der Waals surface area (Å²) in [5.41, 5.74) is 3.17. The first kappa shape index (κ1) is 17.7. The van der Waals surface area contributed by atoms with Gasteiger partial charge in [-0.2, -0.15) is 0 Å². The summed E-state index contributed by atoms with van der Waals surface area (Å²) in [6, 6.07) is 30.0. The molecular formula is C23H19NO2Se. The van der Waals surface area contributed by atoms with Gasteiger partial charge in [0, 0.05) is 0 Å². The molecule has 1 unspecified atom stereocenters. The molecule has 0 N–H and O–H groups in total. The van der Waals surface area contributed by atoms with Crippen LogP contribution in [-0.4, -0.2) is 31.3 Å². The van der Waals surface area contributed by atoms with Gasteiger partial charge in [0.15, 0.2) is 0 Å². The Kier molecular flexibility index (Phi) is 5.19. The maximum absolute atomic E-state index is 13.0. The Bertz CT molecular complexity index is 942. The number of ether oxygens (including phenoxy) is 1. The summed E-state index contributed by atoms with van der Waals surface area (Å²) in [6.07, 6.45) is 0.565. The zero-order valence-corrected chi connectivity index (χ0v) is 16.5. The molecule has 0 spiro atoms. The summed E-state index contributed by atoms with van der Waals surface area (Å²) in [5.74, 6) is 0.201. The number of hydrogen-bond acceptors (Lipinski definition) is 3. The van der Waals surface area contributed by atoms with Crippen LogP contribution in [0.2, 0.25) is 0 Å². The predicted octanol–water partition coefficient (Wildman–Crippen LogP) is 3.83. The van der Waals surface area contributed by atoms with Crippen molar-refractivity contribution in [1.82, 2.24) is 0 Å². The summed E-state index contributed by atoms with van der Waals surface area (Å²) < 4.78 is 4.83. The molecule has 134 valence electrons. The van der Waals surface area contributed by atoms with Gasteiger partial charge in [-0.1, -0.05) is 0 Å². The molecular weight excluding hydrogens is 401 g/mol. The van der Waals surface area contributed by atoms with E-state index in [1.807, 2.05) is 78.9 Å². The van der Waals surface area contributed by atoms with Crippen LogP contribution in [-0.2, 0) is 21.3 Å². The fraction of sp³-hybridized carbons (Fsp3) is 0.130. The third-order valence-corrected chi connectivity index (χ3v) is 7.27. The summed E-state index contributed by atoms with van der Waals surface area (Å²) in [6.45, 7) is 0. The molecule has 0 saturated carbocycles. The van der Waals surface area contributed by atoms with Gasteiger partial charge < -0.3 is 0 Å². The molecule has 4 heteroatoms. The van der Waals surface area contributed by atoms with Crippen LogP contribution in [0.5, 0.6) is 0 Å². The predicted molar refractivity (Wildman–Crippen MR) is 108 cm³/mol. The first-order valence-corrected chi connectivity index (χ1v) is 10.9. The van der Waals surface area contributed by atoms with Crippen LogP contribution in [0.15, 0.2) is 96.0 Å². The van der Waals surface area contributed by atoms with Gasteiger partial charge in [-0.05, 0) is 0 Å². The van der Waals surface area contributed by atoms with E-state index in [0.717, 1.165) is 16.4 Å². The van der Waals surface area contributed by atoms with Gasteiger partial charge in [-0.15, -0.1) is 0 Å². The van der Waals surface area contributed by atoms with Gasteiger partial charge in [0.2, 0.25) is 0 Å².